The molecule has 0 unspecified atom stereocenters. The number of carbonyl (C=O) groups excluding carboxylic acids is 1. The molecule has 3 atom stereocenters. The number of hydrogen-bond acceptors (Lipinski definition) is 9. The lowest BCUT2D eigenvalue weighted by Gasteiger charge is -2.35. The van der Waals surface area contributed by atoms with Crippen LogP contribution in [0, 0.1) is 17.1 Å². The minimum Gasteiger partial charge on any atom is -0.391 e. The molecule has 0 saturated carbocycles. The van der Waals surface area contributed by atoms with Gasteiger partial charge in [-0.05, 0) is 60.7 Å². The molecule has 0 radical (unpaired) electrons. The monoisotopic (exact) mass is 548 g/mol. The summed E-state index contributed by atoms with van der Waals surface area (Å²) in [6.45, 7) is 2.10. The predicted octanol–water partition coefficient (Wildman–Crippen LogP) is 3.46. The fraction of sp³-hybridized carbons (Fsp3) is 0.357. The number of likely N-dealkylation sites (tertiary alicyclic amines) is 1. The number of ether oxygens (including phenoxy) is 1. The maximum absolute atomic E-state index is 14.6. The Morgan fingerprint density at radius 1 is 1.21 bits per heavy atom. The molecule has 1 aromatic heterocycles. The number of nitriles is 1. The number of anilines is 2. The molecule has 3 aromatic rings. The Morgan fingerprint density at radius 3 is 2.82 bits per heavy atom. The summed E-state index contributed by atoms with van der Waals surface area (Å²) >= 11 is 1.36. The normalized spacial score (nSPS) is 22.8. The van der Waals surface area contributed by atoms with Crippen LogP contribution < -0.4 is 21.7 Å². The van der Waals surface area contributed by atoms with Crippen molar-refractivity contribution in [3.05, 3.63) is 58.7 Å². The average molecular weight is 549 g/mol. The third-order valence-corrected chi connectivity index (χ3v) is 8.71. The van der Waals surface area contributed by atoms with E-state index >= 15 is 0 Å². The molecule has 4 heterocycles. The highest BCUT2D eigenvalue weighted by molar-refractivity contribution is 7.18. The van der Waals surface area contributed by atoms with Gasteiger partial charge in [0.15, 0.2) is 0 Å². The molecule has 202 valence electrons. The zero-order valence-corrected chi connectivity index (χ0v) is 22.0. The summed E-state index contributed by atoms with van der Waals surface area (Å²) in [7, 11) is 0. The van der Waals surface area contributed by atoms with Gasteiger partial charge in [-0.25, -0.2) is 4.39 Å². The van der Waals surface area contributed by atoms with Crippen molar-refractivity contribution in [1.82, 2.24) is 10.4 Å². The van der Waals surface area contributed by atoms with Crippen LogP contribution in [0.25, 0.3) is 21.6 Å². The maximum atomic E-state index is 14.6. The van der Waals surface area contributed by atoms with Gasteiger partial charge < -0.3 is 25.9 Å². The lowest BCUT2D eigenvalue weighted by molar-refractivity contribution is -0.00778. The van der Waals surface area contributed by atoms with Crippen LogP contribution in [-0.2, 0) is 4.74 Å². The minimum atomic E-state index is -0.606. The van der Waals surface area contributed by atoms with Gasteiger partial charge in [-0.2, -0.15) is 5.26 Å². The molecule has 11 heteroatoms. The van der Waals surface area contributed by atoms with Crippen LogP contribution in [0.15, 0.2) is 42.5 Å². The van der Waals surface area contributed by atoms with Crippen molar-refractivity contribution in [3.8, 4) is 27.6 Å². The van der Waals surface area contributed by atoms with Crippen molar-refractivity contribution in [2.45, 2.75) is 37.5 Å². The van der Waals surface area contributed by atoms with Gasteiger partial charge in [0.25, 0.3) is 5.91 Å². The molecule has 6 rings (SSSR count). The molecule has 0 spiro atoms. The highest BCUT2D eigenvalue weighted by atomic mass is 32.1. The molecule has 39 heavy (non-hydrogen) atoms. The van der Waals surface area contributed by atoms with E-state index in [-0.39, 0.29) is 23.6 Å². The molecule has 3 aliphatic rings. The van der Waals surface area contributed by atoms with E-state index in [1.165, 1.54) is 23.5 Å². The van der Waals surface area contributed by atoms with E-state index in [0.717, 1.165) is 34.7 Å². The Hall–Kier alpha value is -3.53. The SMILES string of the molecule is N#Cc1ccc(-c2cc(C(=O)N3CCC[C@@H](N)C3)sc2-c2ccc3c(c2)NNN3[C@H]2COCC[C@@H]2O)cc1F. The number of nitrogens with two attached hydrogens (primary N) is 1. The molecule has 5 N–H and O–H groups in total. The summed E-state index contributed by atoms with van der Waals surface area (Å²) < 4.78 is 20.2. The number of hydrogen-bond donors (Lipinski definition) is 4. The van der Waals surface area contributed by atoms with Crippen LogP contribution in [0.1, 0.15) is 34.5 Å². The minimum absolute atomic E-state index is 0.0316. The summed E-state index contributed by atoms with van der Waals surface area (Å²) in [6, 6.07) is 13.8. The van der Waals surface area contributed by atoms with Crippen molar-refractivity contribution >= 4 is 28.6 Å². The van der Waals surface area contributed by atoms with E-state index in [1.807, 2.05) is 35.3 Å². The lowest BCUT2D eigenvalue weighted by Crippen LogP contribution is -2.54. The molecule has 1 amide bonds. The number of hydrazine groups is 2. The fourth-order valence-electron chi connectivity index (χ4n) is 5.44. The van der Waals surface area contributed by atoms with Crippen LogP contribution in [0.3, 0.4) is 0 Å². The first-order valence-corrected chi connectivity index (χ1v) is 13.8. The van der Waals surface area contributed by atoms with Gasteiger partial charge in [0, 0.05) is 36.2 Å². The van der Waals surface area contributed by atoms with Crippen LogP contribution in [0.5, 0.6) is 0 Å². The standard InChI is InChI=1S/C28H29FN6O3S/c29-21-10-16(3-4-18(21)13-30)20-12-26(28(37)34-8-1-2-19(31)14-34)39-27(20)17-5-6-23-22(11-17)32-33-35(23)24-15-38-9-7-25(24)36/h3-6,10-12,19,24-25,32-33,36H,1-2,7-9,14-15,31H2/t19-,24+,25+/m1/s1. The third-order valence-electron chi connectivity index (χ3n) is 7.54. The molecule has 0 aliphatic carbocycles. The predicted molar refractivity (Wildman–Crippen MR) is 147 cm³/mol. The van der Waals surface area contributed by atoms with E-state index in [2.05, 4.69) is 11.0 Å². The molecule has 0 bridgehead atoms. The molecule has 2 saturated heterocycles. The first-order valence-electron chi connectivity index (χ1n) is 13.0. The van der Waals surface area contributed by atoms with Crippen LogP contribution >= 0.6 is 11.3 Å². The van der Waals surface area contributed by atoms with E-state index in [4.69, 9.17) is 10.5 Å². The van der Waals surface area contributed by atoms with Gasteiger partial charge in [-0.15, -0.1) is 16.9 Å². The number of nitrogens with zero attached hydrogens (tertiary/aromatic N) is 3. The number of halogens is 1. The highest BCUT2D eigenvalue weighted by Gasteiger charge is 2.34. The molecular formula is C28H29FN6O3S. The number of thiophene rings is 1. The van der Waals surface area contributed by atoms with Gasteiger partial charge in [0.2, 0.25) is 0 Å². The third kappa shape index (κ3) is 4.86. The van der Waals surface area contributed by atoms with Gasteiger partial charge in [0.1, 0.15) is 11.9 Å². The topological polar surface area (TPSA) is 127 Å². The van der Waals surface area contributed by atoms with Gasteiger partial charge >= 0.3 is 0 Å². The molecule has 3 aliphatic heterocycles. The smallest absolute Gasteiger partial charge is 0.264 e. The molecule has 2 fully saturated rings. The van der Waals surface area contributed by atoms with Gasteiger partial charge in [-0.1, -0.05) is 12.1 Å². The van der Waals surface area contributed by atoms with Crippen molar-refractivity contribution in [2.75, 3.05) is 36.7 Å². The average Bonchev–Trinajstić information content (AvgIpc) is 3.57. The van der Waals surface area contributed by atoms with E-state index < -0.39 is 11.9 Å². The second kappa shape index (κ2) is 10.6. The number of aliphatic hydroxyl groups excluding tert-OH is 1. The van der Waals surface area contributed by atoms with Crippen molar-refractivity contribution in [1.29, 1.82) is 5.26 Å². The first kappa shape index (κ1) is 25.7. The number of piperidine rings is 1. The quantitative estimate of drug-likeness (QED) is 0.391. The Balaban J connectivity index is 1.38. The number of benzene rings is 2. The Labute approximate surface area is 229 Å². The summed E-state index contributed by atoms with van der Waals surface area (Å²) in [4.78, 5) is 16.6. The zero-order valence-electron chi connectivity index (χ0n) is 21.2. The molecular weight excluding hydrogens is 519 g/mol. The van der Waals surface area contributed by atoms with Crippen molar-refractivity contribution < 1.29 is 19.0 Å². The van der Waals surface area contributed by atoms with Crippen molar-refractivity contribution in [3.63, 3.8) is 0 Å². The number of amides is 1. The number of aliphatic hydroxyl groups is 1. The molecule has 9 nitrogen and oxygen atoms in total. The number of fused-ring (bicyclic) bond motifs is 1. The van der Waals surface area contributed by atoms with E-state index in [9.17, 15) is 19.6 Å². The maximum Gasteiger partial charge on any atom is 0.264 e. The Kier molecular flexibility index (Phi) is 6.97. The summed E-state index contributed by atoms with van der Waals surface area (Å²) in [5, 5.41) is 21.6. The largest absolute Gasteiger partial charge is 0.391 e. The number of nitrogens with one attached hydrogen (secondary N) is 2. The van der Waals surface area contributed by atoms with Crippen LogP contribution in [-0.4, -0.2) is 60.4 Å². The number of rotatable bonds is 4. The van der Waals surface area contributed by atoms with Crippen LogP contribution in [0.2, 0.25) is 0 Å². The van der Waals surface area contributed by atoms with Crippen LogP contribution in [0.4, 0.5) is 15.8 Å². The second-order valence-corrected chi connectivity index (χ2v) is 11.2. The van der Waals surface area contributed by atoms with Gasteiger partial charge in [-0.3, -0.25) is 9.80 Å². The summed E-state index contributed by atoms with van der Waals surface area (Å²) in [5.74, 6) is -0.694. The zero-order chi connectivity index (χ0) is 27.1. The number of carbonyl (C=O) groups is 1. The Morgan fingerprint density at radius 2 is 2.05 bits per heavy atom. The lowest BCUT2D eigenvalue weighted by atomic mass is 9.99. The fourth-order valence-corrected chi connectivity index (χ4v) is 6.58. The van der Waals surface area contributed by atoms with Gasteiger partial charge in [0.05, 0.1) is 40.6 Å². The summed E-state index contributed by atoms with van der Waals surface area (Å²) in [6.07, 6.45) is 1.80. The second-order valence-electron chi connectivity index (χ2n) is 10.2. The molecule has 2 aromatic carbocycles. The van der Waals surface area contributed by atoms with E-state index in [1.54, 1.807) is 11.0 Å². The highest BCUT2D eigenvalue weighted by Crippen LogP contribution is 2.43. The van der Waals surface area contributed by atoms with E-state index in [0.29, 0.717) is 48.7 Å². The Bertz CT molecular complexity index is 1460. The summed E-state index contributed by atoms with van der Waals surface area (Å²) in [5.41, 5.74) is 16.2. The van der Waals surface area contributed by atoms with Crippen molar-refractivity contribution in [2.24, 2.45) is 5.73 Å². The first-order chi connectivity index (χ1) is 18.9.